The highest BCUT2D eigenvalue weighted by atomic mass is 35.5. The van der Waals surface area contributed by atoms with E-state index in [4.69, 9.17) is 25.5 Å². The van der Waals surface area contributed by atoms with Crippen molar-refractivity contribution in [2.24, 2.45) is 0 Å². The number of carbonyl (C=O) groups excluding carboxylic acids is 2. The molecule has 4 N–H and O–H groups in total. The number of carbonyl (C=O) groups is 3. The number of nitrogens with one attached hydrogen (secondary N) is 3. The number of nitriles is 1. The molecule has 0 atom stereocenters. The van der Waals surface area contributed by atoms with Gasteiger partial charge in [-0.1, -0.05) is 23.7 Å². The van der Waals surface area contributed by atoms with Crippen molar-refractivity contribution in [1.29, 1.82) is 5.26 Å². The number of anilines is 2. The minimum atomic E-state index is -1.28. The Labute approximate surface area is 256 Å². The van der Waals surface area contributed by atoms with Gasteiger partial charge in [0.25, 0.3) is 5.91 Å². The summed E-state index contributed by atoms with van der Waals surface area (Å²) in [5, 5.41) is 27.7. The third-order valence-corrected chi connectivity index (χ3v) is 7.31. The molecular weight excluding hydrogens is 590 g/mol. The van der Waals surface area contributed by atoms with Gasteiger partial charge in [0.2, 0.25) is 5.91 Å². The van der Waals surface area contributed by atoms with Crippen LogP contribution in [0.4, 0.5) is 16.3 Å². The van der Waals surface area contributed by atoms with E-state index in [0.717, 1.165) is 0 Å². The van der Waals surface area contributed by atoms with Crippen LogP contribution in [0.5, 0.6) is 5.75 Å². The lowest BCUT2D eigenvalue weighted by atomic mass is 9.76. The Bertz CT molecular complexity index is 1760. The Hall–Kier alpha value is -5.38. The highest BCUT2D eigenvalue weighted by molar-refractivity contribution is 6.30. The van der Waals surface area contributed by atoms with Crippen LogP contribution in [-0.4, -0.2) is 47.4 Å². The topological polar surface area (TPSA) is 176 Å². The molecule has 1 fully saturated rings. The molecule has 4 aromatic rings. The fraction of sp³-hybridized carbons (Fsp3) is 0.194. The molecule has 5 rings (SSSR count). The number of rotatable bonds is 10. The van der Waals surface area contributed by atoms with Crippen LogP contribution >= 0.6 is 11.6 Å². The number of benzene rings is 2. The standard InChI is InChI=1S/C31H26ClN5O7/c1-42-17-44-26-14-19(32)8-9-21(26)24-15-22(23(16-33)27(35-24)36-28(38)25-7-3-12-43-25)18-5-2-6-20(13-18)34-29(39)31(10-4-11-31)37-30(40)41/h2-3,5-9,12-15,37H,4,10-11,17H2,1H3,(H,34,39)(H,40,41)(H,35,36,38). The maximum atomic E-state index is 13.1. The normalized spacial score (nSPS) is 13.2. The van der Waals surface area contributed by atoms with Gasteiger partial charge in [0, 0.05) is 28.9 Å². The molecule has 0 radical (unpaired) electrons. The van der Waals surface area contributed by atoms with Crippen molar-refractivity contribution < 1.29 is 33.4 Å². The van der Waals surface area contributed by atoms with E-state index in [-0.39, 0.29) is 23.9 Å². The van der Waals surface area contributed by atoms with Crippen LogP contribution in [0.2, 0.25) is 5.02 Å². The summed E-state index contributed by atoms with van der Waals surface area (Å²) in [6, 6.07) is 18.5. The van der Waals surface area contributed by atoms with Crippen molar-refractivity contribution in [1.82, 2.24) is 10.3 Å². The van der Waals surface area contributed by atoms with Crippen molar-refractivity contribution in [3.63, 3.8) is 0 Å². The number of halogens is 1. The zero-order chi connectivity index (χ0) is 31.3. The van der Waals surface area contributed by atoms with Crippen molar-refractivity contribution in [2.45, 2.75) is 24.8 Å². The summed E-state index contributed by atoms with van der Waals surface area (Å²) in [5.41, 5.74) is 0.960. The number of hydrogen-bond acceptors (Lipinski definition) is 8. The second-order valence-corrected chi connectivity index (χ2v) is 10.4. The van der Waals surface area contributed by atoms with Crippen molar-refractivity contribution in [3.05, 3.63) is 83.3 Å². The average molecular weight is 616 g/mol. The molecule has 2 aromatic heterocycles. The van der Waals surface area contributed by atoms with Gasteiger partial charge in [-0.25, -0.2) is 9.78 Å². The molecule has 12 nitrogen and oxygen atoms in total. The second kappa shape index (κ2) is 12.9. The largest absolute Gasteiger partial charge is 0.467 e. The molecule has 0 saturated heterocycles. The average Bonchev–Trinajstić information content (AvgIpc) is 3.53. The zero-order valence-corrected chi connectivity index (χ0v) is 24.1. The molecule has 0 aliphatic heterocycles. The van der Waals surface area contributed by atoms with Crippen molar-refractivity contribution >= 4 is 41.0 Å². The van der Waals surface area contributed by atoms with Crippen LogP contribution in [0.3, 0.4) is 0 Å². The van der Waals surface area contributed by atoms with Gasteiger partial charge >= 0.3 is 6.09 Å². The first-order chi connectivity index (χ1) is 21.2. The van der Waals surface area contributed by atoms with E-state index in [2.05, 4.69) is 27.0 Å². The first-order valence-electron chi connectivity index (χ1n) is 13.4. The Kier molecular flexibility index (Phi) is 8.80. The third kappa shape index (κ3) is 6.34. The number of ether oxygens (including phenoxy) is 2. The molecule has 1 saturated carbocycles. The van der Waals surface area contributed by atoms with Gasteiger partial charge in [-0.3, -0.25) is 9.59 Å². The second-order valence-electron chi connectivity index (χ2n) is 9.91. The molecule has 1 aliphatic carbocycles. The highest BCUT2D eigenvalue weighted by Gasteiger charge is 2.45. The summed E-state index contributed by atoms with van der Waals surface area (Å²) in [4.78, 5) is 42.0. The van der Waals surface area contributed by atoms with Gasteiger partial charge in [-0.15, -0.1) is 0 Å². The number of furan rings is 1. The summed E-state index contributed by atoms with van der Waals surface area (Å²) in [6.45, 7) is -0.0709. The summed E-state index contributed by atoms with van der Waals surface area (Å²) in [7, 11) is 1.47. The smallest absolute Gasteiger partial charge is 0.405 e. The predicted octanol–water partition coefficient (Wildman–Crippen LogP) is 5.90. The fourth-order valence-electron chi connectivity index (χ4n) is 4.80. The summed E-state index contributed by atoms with van der Waals surface area (Å²) >= 11 is 6.23. The van der Waals surface area contributed by atoms with E-state index in [1.807, 2.05) is 0 Å². The minimum Gasteiger partial charge on any atom is -0.467 e. The number of pyridine rings is 1. The molecule has 0 bridgehead atoms. The quantitative estimate of drug-likeness (QED) is 0.158. The van der Waals surface area contributed by atoms with Crippen LogP contribution in [0, 0.1) is 11.3 Å². The number of amides is 3. The highest BCUT2D eigenvalue weighted by Crippen LogP contribution is 2.38. The molecular formula is C31H26ClN5O7. The molecule has 224 valence electrons. The van der Waals surface area contributed by atoms with E-state index in [1.165, 1.54) is 19.4 Å². The lowest BCUT2D eigenvalue weighted by molar-refractivity contribution is -0.125. The van der Waals surface area contributed by atoms with E-state index >= 15 is 0 Å². The maximum absolute atomic E-state index is 13.1. The Morgan fingerprint density at radius 1 is 1.09 bits per heavy atom. The van der Waals surface area contributed by atoms with Crippen molar-refractivity contribution in [3.8, 4) is 34.2 Å². The summed E-state index contributed by atoms with van der Waals surface area (Å²) in [5.74, 6) is -0.771. The zero-order valence-electron chi connectivity index (χ0n) is 23.3. The van der Waals surface area contributed by atoms with Gasteiger partial charge < -0.3 is 34.9 Å². The SMILES string of the molecule is COCOc1cc(Cl)ccc1-c1cc(-c2cccc(NC(=O)C3(NC(=O)O)CCC3)c2)c(C#N)c(NC(=O)c2ccco2)n1. The molecule has 44 heavy (non-hydrogen) atoms. The van der Waals surface area contributed by atoms with Gasteiger partial charge in [0.15, 0.2) is 18.4 Å². The lowest BCUT2D eigenvalue weighted by Crippen LogP contribution is -2.60. The Balaban J connectivity index is 1.60. The maximum Gasteiger partial charge on any atom is 0.405 e. The fourth-order valence-corrected chi connectivity index (χ4v) is 4.96. The lowest BCUT2D eigenvalue weighted by Gasteiger charge is -2.39. The van der Waals surface area contributed by atoms with Crippen LogP contribution in [0.25, 0.3) is 22.4 Å². The number of carboxylic acid groups (broad SMARTS) is 1. The molecule has 2 aromatic carbocycles. The third-order valence-electron chi connectivity index (χ3n) is 7.08. The van der Waals surface area contributed by atoms with E-state index < -0.39 is 23.4 Å². The van der Waals surface area contributed by atoms with E-state index in [9.17, 15) is 24.8 Å². The monoisotopic (exact) mass is 615 g/mol. The Morgan fingerprint density at radius 2 is 1.91 bits per heavy atom. The minimum absolute atomic E-state index is 0.0165. The number of nitrogens with zero attached hydrogens (tertiary/aromatic N) is 2. The molecule has 1 aliphatic rings. The number of aromatic nitrogens is 1. The van der Waals surface area contributed by atoms with Gasteiger partial charge in [-0.05, 0) is 73.4 Å². The van der Waals surface area contributed by atoms with Gasteiger partial charge in [0.1, 0.15) is 22.9 Å². The first kappa shape index (κ1) is 30.1. The van der Waals surface area contributed by atoms with Crippen molar-refractivity contribution in [2.75, 3.05) is 24.5 Å². The first-order valence-corrected chi connectivity index (χ1v) is 13.8. The molecule has 2 heterocycles. The van der Waals surface area contributed by atoms with Gasteiger partial charge in [0.05, 0.1) is 12.0 Å². The summed E-state index contributed by atoms with van der Waals surface area (Å²) < 4.78 is 16.0. The molecule has 3 amide bonds. The van der Waals surface area contributed by atoms with E-state index in [0.29, 0.717) is 58.1 Å². The number of hydrogen-bond donors (Lipinski definition) is 4. The summed E-state index contributed by atoms with van der Waals surface area (Å²) in [6.07, 6.45) is 1.54. The Morgan fingerprint density at radius 3 is 2.57 bits per heavy atom. The molecule has 0 spiro atoms. The molecule has 13 heteroatoms. The van der Waals surface area contributed by atoms with Crippen LogP contribution in [0.15, 0.2) is 71.3 Å². The number of methoxy groups -OCH3 is 1. The van der Waals surface area contributed by atoms with Crippen LogP contribution in [-0.2, 0) is 9.53 Å². The van der Waals surface area contributed by atoms with Crippen LogP contribution in [0.1, 0.15) is 35.4 Å². The predicted molar refractivity (Wildman–Crippen MR) is 160 cm³/mol. The van der Waals surface area contributed by atoms with Gasteiger partial charge in [-0.2, -0.15) is 5.26 Å². The van der Waals surface area contributed by atoms with E-state index in [1.54, 1.807) is 54.6 Å². The van der Waals surface area contributed by atoms with Crippen LogP contribution < -0.4 is 20.7 Å². The molecule has 0 unspecified atom stereocenters.